The summed E-state index contributed by atoms with van der Waals surface area (Å²) in [6.07, 6.45) is -0.118. The van der Waals surface area contributed by atoms with Crippen LogP contribution in [0.4, 0.5) is 0 Å². The molecule has 0 aliphatic carbocycles. The highest BCUT2D eigenvalue weighted by Gasteiger charge is 2.29. The van der Waals surface area contributed by atoms with E-state index in [-0.39, 0.29) is 74.9 Å². The minimum absolute atomic E-state index is 0.0208. The van der Waals surface area contributed by atoms with E-state index < -0.39 is 16.7 Å². The molecule has 0 aromatic carbocycles. The molecule has 2 rings (SSSR count). The summed E-state index contributed by atoms with van der Waals surface area (Å²) < 4.78 is 0. The van der Waals surface area contributed by atoms with Crippen molar-refractivity contribution < 1.29 is 19.5 Å². The van der Waals surface area contributed by atoms with Gasteiger partial charge in [-0.2, -0.15) is 15.8 Å². The number of amides is 1. The molecule has 56 heavy (non-hydrogen) atoms. The molecule has 0 saturated carbocycles. The SMILES string of the molecule is CC(C)(C)C(=O)CC(=O)C(C)(C)C.CC(C)(C)c1cc(C(C)(C)C)c(C#N)c(=O)[nH]1.CC(C)(C)c1cc(C(C)(C)C)c(C#N)c(=O)[nH]1.CCO.N#CCC(N)=O. The Morgan fingerprint density at radius 3 is 1.02 bits per heavy atom. The summed E-state index contributed by atoms with van der Waals surface area (Å²) in [5.41, 5.74) is 6.30. The zero-order valence-electron chi connectivity index (χ0n) is 37.7. The Hall–Kier alpha value is -4.86. The first-order chi connectivity index (χ1) is 24.9. The van der Waals surface area contributed by atoms with Crippen molar-refractivity contribution >= 4 is 17.5 Å². The van der Waals surface area contributed by atoms with E-state index in [0.29, 0.717) is 0 Å². The second-order valence-electron chi connectivity index (χ2n) is 19.5. The lowest BCUT2D eigenvalue weighted by atomic mass is 9.81. The van der Waals surface area contributed by atoms with Crippen molar-refractivity contribution in [2.75, 3.05) is 6.61 Å². The second-order valence-corrected chi connectivity index (χ2v) is 19.5. The lowest BCUT2D eigenvalue weighted by molar-refractivity contribution is -0.135. The topological polar surface area (TPSA) is 235 Å². The summed E-state index contributed by atoms with van der Waals surface area (Å²) in [6.45, 7) is 37.2. The number of Topliss-reactive ketones (excluding diaryl/α,β-unsaturated/α-hetero) is 2. The molecule has 0 fully saturated rings. The molecule has 1 amide bonds. The molecular weight excluding hydrogens is 709 g/mol. The number of pyridine rings is 2. The van der Waals surface area contributed by atoms with Gasteiger partial charge in [-0.05, 0) is 41.0 Å². The average Bonchev–Trinajstić information content (AvgIpc) is 2.98. The monoisotopic (exact) mass is 779 g/mol. The third-order valence-corrected chi connectivity index (χ3v) is 7.77. The summed E-state index contributed by atoms with van der Waals surface area (Å²) in [6, 6.07) is 9.49. The van der Waals surface area contributed by atoms with Crippen molar-refractivity contribution in [3.63, 3.8) is 0 Å². The van der Waals surface area contributed by atoms with Crippen molar-refractivity contribution in [1.29, 1.82) is 15.8 Å². The van der Waals surface area contributed by atoms with Gasteiger partial charge in [0, 0.05) is 39.7 Å². The lowest BCUT2D eigenvalue weighted by Gasteiger charge is -2.25. The molecule has 12 nitrogen and oxygen atoms in total. The van der Waals surface area contributed by atoms with Gasteiger partial charge in [0.15, 0.2) is 0 Å². The van der Waals surface area contributed by atoms with Gasteiger partial charge in [-0.1, -0.05) is 125 Å². The molecular formula is C44H70N6O6. The number of H-pyrrole nitrogens is 2. The molecule has 0 aliphatic rings. The highest BCUT2D eigenvalue weighted by Crippen LogP contribution is 2.29. The van der Waals surface area contributed by atoms with E-state index in [1.54, 1.807) is 13.0 Å². The van der Waals surface area contributed by atoms with Crippen LogP contribution in [-0.4, -0.2) is 39.2 Å². The smallest absolute Gasteiger partial charge is 0.266 e. The number of carbonyl (C=O) groups excluding carboxylic acids is 3. The summed E-state index contributed by atoms with van der Waals surface area (Å²) in [5, 5.41) is 33.4. The van der Waals surface area contributed by atoms with E-state index >= 15 is 0 Å². The fraction of sp³-hybridized carbons (Fsp3) is 0.636. The van der Waals surface area contributed by atoms with Crippen molar-refractivity contribution in [2.24, 2.45) is 16.6 Å². The number of carbonyl (C=O) groups is 3. The van der Waals surface area contributed by atoms with Crippen molar-refractivity contribution in [3.8, 4) is 18.2 Å². The van der Waals surface area contributed by atoms with E-state index in [4.69, 9.17) is 20.9 Å². The standard InChI is InChI=1S/2C14H20N2O.C11H20O2.C3H4N2O.C2H6O/c2*1-13(2,3)10-7-11(14(4,5)6)16-12(17)9(10)8-15;1-10(2,3)8(12)7-9(13)11(4,5)6;4-2-1-3(5)6;1-2-3/h2*7H,1-6H3,(H,16,17);7H2,1-6H3;1H2,(H2,5,6);3H,2H2,1H3. The van der Waals surface area contributed by atoms with Crippen LogP contribution in [0.1, 0.15) is 178 Å². The zero-order valence-corrected chi connectivity index (χ0v) is 37.7. The Labute approximate surface area is 335 Å². The first kappa shape index (κ1) is 55.5. The fourth-order valence-corrected chi connectivity index (χ4v) is 4.09. The number of hydrogen-bond donors (Lipinski definition) is 4. The molecule has 2 aromatic rings. The van der Waals surface area contributed by atoms with E-state index in [9.17, 15) is 24.0 Å². The molecule has 12 heteroatoms. The van der Waals surface area contributed by atoms with E-state index in [1.807, 2.05) is 149 Å². The molecule has 0 spiro atoms. The summed E-state index contributed by atoms with van der Waals surface area (Å²) in [4.78, 5) is 62.0. The summed E-state index contributed by atoms with van der Waals surface area (Å²) >= 11 is 0. The lowest BCUT2D eigenvalue weighted by Crippen LogP contribution is -2.28. The number of aliphatic hydroxyl groups excluding tert-OH is 1. The Morgan fingerprint density at radius 2 is 0.875 bits per heavy atom. The predicted molar refractivity (Wildman–Crippen MR) is 224 cm³/mol. The molecule has 0 atom stereocenters. The summed E-state index contributed by atoms with van der Waals surface area (Å²) in [7, 11) is 0. The van der Waals surface area contributed by atoms with Gasteiger partial charge in [-0.25, -0.2) is 0 Å². The molecule has 2 aromatic heterocycles. The minimum atomic E-state index is -0.572. The molecule has 0 radical (unpaired) electrons. The van der Waals surface area contributed by atoms with Gasteiger partial charge in [0.05, 0.1) is 12.5 Å². The number of nitrogens with zero attached hydrogens (tertiary/aromatic N) is 3. The van der Waals surface area contributed by atoms with Crippen LogP contribution in [0.2, 0.25) is 0 Å². The zero-order chi connectivity index (χ0) is 45.4. The third kappa shape index (κ3) is 20.7. The molecule has 0 bridgehead atoms. The van der Waals surface area contributed by atoms with E-state index in [1.165, 1.54) is 0 Å². The van der Waals surface area contributed by atoms with Crippen molar-refractivity contribution in [3.05, 3.63) is 66.5 Å². The number of hydrogen-bond acceptors (Lipinski definition) is 9. The molecule has 0 saturated heterocycles. The maximum absolute atomic E-state index is 11.9. The second kappa shape index (κ2) is 22.0. The minimum Gasteiger partial charge on any atom is -0.397 e. The Kier molecular flexibility index (Phi) is 21.8. The molecule has 5 N–H and O–H groups in total. The number of ketones is 2. The highest BCUT2D eigenvalue weighted by molar-refractivity contribution is 6.03. The maximum Gasteiger partial charge on any atom is 0.266 e. The fourth-order valence-electron chi connectivity index (χ4n) is 4.09. The number of rotatable bonds is 3. The van der Waals surface area contributed by atoms with Crippen LogP contribution in [0.5, 0.6) is 0 Å². The van der Waals surface area contributed by atoms with Crippen LogP contribution in [0, 0.1) is 44.8 Å². The third-order valence-electron chi connectivity index (χ3n) is 7.77. The number of aliphatic hydroxyl groups is 1. The normalized spacial score (nSPS) is 11.4. The molecule has 312 valence electrons. The van der Waals surface area contributed by atoms with Crippen LogP contribution in [0.15, 0.2) is 21.7 Å². The van der Waals surface area contributed by atoms with Crippen molar-refractivity contribution in [1.82, 2.24) is 9.97 Å². The number of nitrogens with one attached hydrogen (secondary N) is 2. The Balaban J connectivity index is -0.000000683. The van der Waals surface area contributed by atoms with Crippen LogP contribution < -0.4 is 16.9 Å². The van der Waals surface area contributed by atoms with Gasteiger partial charge < -0.3 is 20.8 Å². The first-order valence-corrected chi connectivity index (χ1v) is 18.6. The van der Waals surface area contributed by atoms with Crippen molar-refractivity contribution in [2.45, 2.75) is 166 Å². The number of primary amides is 1. The Morgan fingerprint density at radius 1 is 0.607 bits per heavy atom. The predicted octanol–water partition coefficient (Wildman–Crippen LogP) is 7.67. The quantitative estimate of drug-likeness (QED) is 0.223. The number of nitrogens with two attached hydrogens (primary N) is 1. The van der Waals surface area contributed by atoms with Crippen LogP contribution in [0.25, 0.3) is 0 Å². The van der Waals surface area contributed by atoms with E-state index in [2.05, 4.69) is 15.7 Å². The van der Waals surface area contributed by atoms with Gasteiger partial charge >= 0.3 is 0 Å². The van der Waals surface area contributed by atoms with Gasteiger partial charge in [-0.3, -0.25) is 24.0 Å². The van der Waals surface area contributed by atoms with Crippen LogP contribution in [-0.2, 0) is 36.0 Å². The van der Waals surface area contributed by atoms with Gasteiger partial charge in [0.25, 0.3) is 11.1 Å². The number of nitriles is 3. The number of aromatic nitrogens is 2. The largest absolute Gasteiger partial charge is 0.397 e. The average molecular weight is 779 g/mol. The van der Waals surface area contributed by atoms with Gasteiger partial charge in [0.2, 0.25) is 5.91 Å². The van der Waals surface area contributed by atoms with Crippen LogP contribution in [0.3, 0.4) is 0 Å². The Bertz CT molecular complexity index is 1750. The van der Waals surface area contributed by atoms with Gasteiger partial charge in [0.1, 0.15) is 41.3 Å². The number of aromatic amines is 2. The highest BCUT2D eigenvalue weighted by atomic mass is 16.2. The van der Waals surface area contributed by atoms with Crippen LogP contribution >= 0.6 is 0 Å². The molecule has 2 heterocycles. The van der Waals surface area contributed by atoms with E-state index in [0.717, 1.165) is 22.5 Å². The summed E-state index contributed by atoms with van der Waals surface area (Å²) in [5.74, 6) is -0.530. The van der Waals surface area contributed by atoms with Gasteiger partial charge in [-0.15, -0.1) is 0 Å². The molecule has 0 unspecified atom stereocenters. The molecule has 0 aliphatic heterocycles. The first-order valence-electron chi connectivity index (χ1n) is 18.6. The maximum atomic E-state index is 11.9.